The van der Waals surface area contributed by atoms with E-state index in [2.05, 4.69) is 0 Å². The molecule has 0 aliphatic carbocycles. The van der Waals surface area contributed by atoms with Crippen molar-refractivity contribution in [3.05, 3.63) is 0 Å². The molecule has 0 spiro atoms. The van der Waals surface area contributed by atoms with E-state index in [9.17, 15) is 0 Å². The van der Waals surface area contributed by atoms with Gasteiger partial charge in [-0.3, -0.25) is 0 Å². The van der Waals surface area contributed by atoms with Gasteiger partial charge in [0.05, 0.1) is 0 Å². The monoisotopic (exact) mass is 214 g/mol. The maximum atomic E-state index is 8.06. The summed E-state index contributed by atoms with van der Waals surface area (Å²) in [7, 11) is 1.72. The Morgan fingerprint density at radius 1 is 1.00 bits per heavy atom. The average molecular weight is 213 g/mol. The minimum Gasteiger partial charge on any atom is -2.00 e. The zero-order valence-corrected chi connectivity index (χ0v) is 7.87. The Kier molecular flexibility index (Phi) is 309. The first-order valence-corrected chi connectivity index (χ1v) is 0.612. The summed E-state index contributed by atoms with van der Waals surface area (Å²) in [5, 5.41) is 0. The van der Waals surface area contributed by atoms with Crippen LogP contribution in [0.25, 0.3) is 0 Å². The Labute approximate surface area is 73.3 Å². The van der Waals surface area contributed by atoms with E-state index in [-0.39, 0.29) is 59.8 Å². The van der Waals surface area contributed by atoms with Gasteiger partial charge in [0.25, 0.3) is 0 Å². The number of hydrogen-bond donors (Lipinski definition) is 0. The summed E-state index contributed by atoms with van der Waals surface area (Å²) in [6.07, 6.45) is 0. The van der Waals surface area contributed by atoms with Crippen LogP contribution >= 0.6 is 0 Å². The molecular formula is BaO3Si. The largest absolute Gasteiger partial charge is 2.00 e. The molecule has 0 aliphatic heterocycles. The van der Waals surface area contributed by atoms with Crippen molar-refractivity contribution in [1.29, 1.82) is 0 Å². The molecule has 0 fully saturated rings. The third kappa shape index (κ3) is 29.8. The van der Waals surface area contributed by atoms with Gasteiger partial charge >= 0.3 is 63.5 Å². The number of rotatable bonds is 0. The summed E-state index contributed by atoms with van der Waals surface area (Å²) in [5.74, 6) is 0. The van der Waals surface area contributed by atoms with Crippen molar-refractivity contribution in [2.75, 3.05) is 0 Å². The second kappa shape index (κ2) is 49.2. The average Bonchev–Trinajstić information content (AvgIpc) is 1.00. The normalized spacial score (nSPS) is 1.20. The van der Waals surface area contributed by atoms with Crippen molar-refractivity contribution in [2.45, 2.75) is 0 Å². The SMILES string of the molecule is O=[Si+2].[Ba+2].[O-2].[O-2]. The van der Waals surface area contributed by atoms with E-state index in [1.54, 1.807) is 10.1 Å². The predicted molar refractivity (Wildman–Crippen MR) is 13.6 cm³/mol. The Hall–Kier alpha value is 1.51. The van der Waals surface area contributed by atoms with Gasteiger partial charge in [0, 0.05) is 0 Å². The van der Waals surface area contributed by atoms with Gasteiger partial charge in [-0.1, -0.05) is 0 Å². The van der Waals surface area contributed by atoms with E-state index in [1.807, 2.05) is 0 Å². The molecule has 0 amide bonds. The van der Waals surface area contributed by atoms with Crippen LogP contribution in [0.1, 0.15) is 0 Å². The fourth-order valence-corrected chi connectivity index (χ4v) is 0. The molecule has 0 rings (SSSR count). The van der Waals surface area contributed by atoms with Crippen LogP contribution in [0, 0.1) is 0 Å². The first kappa shape index (κ1) is 31.4. The molecule has 0 heterocycles. The van der Waals surface area contributed by atoms with Crippen LogP contribution in [-0.4, -0.2) is 59.0 Å². The molecule has 0 aromatic carbocycles. The van der Waals surface area contributed by atoms with Crippen LogP contribution < -0.4 is 0 Å². The molecule has 5 heteroatoms. The topological polar surface area (TPSA) is 74.1 Å². The maximum Gasteiger partial charge on any atom is 2.00 e. The Balaban J connectivity index is -0.00000000167. The van der Waals surface area contributed by atoms with Crippen molar-refractivity contribution < 1.29 is 15.4 Å². The van der Waals surface area contributed by atoms with E-state index in [1.165, 1.54) is 0 Å². The quantitative estimate of drug-likeness (QED) is 0.470. The zero-order valence-electron chi connectivity index (χ0n) is 2.43. The van der Waals surface area contributed by atoms with Gasteiger partial charge in [0.1, 0.15) is 0 Å². The molecular weight excluding hydrogens is 213 g/mol. The van der Waals surface area contributed by atoms with Crippen molar-refractivity contribution >= 4 is 59.0 Å². The van der Waals surface area contributed by atoms with Crippen molar-refractivity contribution in [3.63, 3.8) is 0 Å². The van der Waals surface area contributed by atoms with Crippen LogP contribution in [0.15, 0.2) is 0 Å². The third-order valence-corrected chi connectivity index (χ3v) is 0. The Bertz CT molecular complexity index is 6.85. The fourth-order valence-electron chi connectivity index (χ4n) is 0. The summed E-state index contributed by atoms with van der Waals surface area (Å²) in [6, 6.07) is 0. The zero-order chi connectivity index (χ0) is 2.00. The van der Waals surface area contributed by atoms with Crippen LogP contribution in [-0.2, 0) is 15.4 Å². The molecule has 0 radical (unpaired) electrons. The molecule has 0 aromatic rings. The summed E-state index contributed by atoms with van der Waals surface area (Å²) in [5.41, 5.74) is 0. The molecule has 0 saturated carbocycles. The summed E-state index contributed by atoms with van der Waals surface area (Å²) < 4.78 is 8.06. The maximum absolute atomic E-state index is 8.06. The van der Waals surface area contributed by atoms with Crippen molar-refractivity contribution in [3.8, 4) is 0 Å². The minimum absolute atomic E-state index is 0. The Morgan fingerprint density at radius 2 is 1.00 bits per heavy atom. The molecule has 24 valence electrons. The summed E-state index contributed by atoms with van der Waals surface area (Å²) >= 11 is 0. The van der Waals surface area contributed by atoms with E-state index in [0.29, 0.717) is 0 Å². The molecule has 0 saturated heterocycles. The molecule has 0 atom stereocenters. The van der Waals surface area contributed by atoms with Gasteiger partial charge in [-0.15, -0.1) is 0 Å². The number of hydrogen-bond acceptors (Lipinski definition) is 1. The Morgan fingerprint density at radius 3 is 1.00 bits per heavy atom. The molecule has 0 aliphatic rings. The smallest absolute Gasteiger partial charge is 2.00 e. The van der Waals surface area contributed by atoms with Gasteiger partial charge in [0.2, 0.25) is 0 Å². The third-order valence-electron chi connectivity index (χ3n) is 0. The molecule has 5 heavy (non-hydrogen) atoms. The van der Waals surface area contributed by atoms with Crippen LogP contribution in [0.2, 0.25) is 0 Å². The molecule has 0 aromatic heterocycles. The fraction of sp³-hybridized carbons (Fsp3) is 0. The van der Waals surface area contributed by atoms with Gasteiger partial charge in [-0.05, 0) is 0 Å². The van der Waals surface area contributed by atoms with Gasteiger partial charge in [-0.2, -0.15) is 0 Å². The van der Waals surface area contributed by atoms with Crippen molar-refractivity contribution in [1.82, 2.24) is 0 Å². The van der Waals surface area contributed by atoms with Crippen LogP contribution in [0.3, 0.4) is 0 Å². The summed E-state index contributed by atoms with van der Waals surface area (Å²) in [4.78, 5) is 0. The van der Waals surface area contributed by atoms with E-state index < -0.39 is 0 Å². The van der Waals surface area contributed by atoms with Gasteiger partial charge < -0.3 is 11.0 Å². The summed E-state index contributed by atoms with van der Waals surface area (Å²) in [6.45, 7) is 0. The molecule has 0 N–H and O–H groups in total. The molecule has 0 bridgehead atoms. The van der Waals surface area contributed by atoms with E-state index >= 15 is 0 Å². The van der Waals surface area contributed by atoms with E-state index in [4.69, 9.17) is 4.46 Å². The van der Waals surface area contributed by atoms with E-state index in [0.717, 1.165) is 0 Å². The van der Waals surface area contributed by atoms with Crippen LogP contribution in [0.5, 0.6) is 0 Å². The minimum atomic E-state index is 0. The van der Waals surface area contributed by atoms with Gasteiger partial charge in [-0.25, -0.2) is 0 Å². The van der Waals surface area contributed by atoms with Crippen LogP contribution in [0.4, 0.5) is 0 Å². The molecule has 3 nitrogen and oxygen atoms in total. The van der Waals surface area contributed by atoms with Gasteiger partial charge in [0.15, 0.2) is 0 Å². The second-order valence-electron chi connectivity index (χ2n) is 0. The first-order valence-electron chi connectivity index (χ1n) is 0.204. The standard InChI is InChI=1S/Ba.OSi.2O/c;1-2;;/q2*+2;2*-2. The first-order chi connectivity index (χ1) is 1.00. The predicted octanol–water partition coefficient (Wildman–Crippen LogP) is -1.12. The van der Waals surface area contributed by atoms with Crippen molar-refractivity contribution in [2.24, 2.45) is 0 Å². The second-order valence-corrected chi connectivity index (χ2v) is 0. The molecule has 0 unspecified atom stereocenters.